The second-order valence-corrected chi connectivity index (χ2v) is 8.58. The highest BCUT2D eigenvalue weighted by atomic mass is 32.1. The second-order valence-electron chi connectivity index (χ2n) is 7.37. The largest absolute Gasteiger partial charge is 0.330 e. The molecule has 1 aliphatic heterocycles. The molecular formula is C20H25N3OS. The van der Waals surface area contributed by atoms with Gasteiger partial charge in [-0.2, -0.15) is 0 Å². The first-order valence-electron chi connectivity index (χ1n) is 9.15. The van der Waals surface area contributed by atoms with Crippen molar-refractivity contribution in [2.45, 2.75) is 51.6 Å². The van der Waals surface area contributed by atoms with E-state index < -0.39 is 0 Å². The maximum absolute atomic E-state index is 13.4. The number of aromatic nitrogens is 1. The van der Waals surface area contributed by atoms with E-state index >= 15 is 0 Å². The average molecular weight is 356 g/mol. The van der Waals surface area contributed by atoms with E-state index in [1.807, 2.05) is 6.92 Å². The molecule has 0 bridgehead atoms. The third-order valence-electron chi connectivity index (χ3n) is 5.70. The van der Waals surface area contributed by atoms with Crippen LogP contribution in [0, 0.1) is 19.8 Å². The molecule has 2 heterocycles. The van der Waals surface area contributed by atoms with Gasteiger partial charge in [0, 0.05) is 18.6 Å². The normalized spacial score (nSPS) is 25.4. The number of amides is 1. The minimum atomic E-state index is 0.0739. The molecule has 1 saturated heterocycles. The molecule has 5 heteroatoms. The third kappa shape index (κ3) is 2.89. The molecule has 1 aliphatic carbocycles. The van der Waals surface area contributed by atoms with Crippen LogP contribution in [0.5, 0.6) is 0 Å². The molecule has 1 aromatic heterocycles. The van der Waals surface area contributed by atoms with Crippen LogP contribution >= 0.6 is 11.3 Å². The number of nitrogens with zero attached hydrogens (tertiary/aromatic N) is 2. The van der Waals surface area contributed by atoms with Gasteiger partial charge in [-0.1, -0.05) is 36.2 Å². The summed E-state index contributed by atoms with van der Waals surface area (Å²) in [5.74, 6) is 0.699. The fourth-order valence-corrected chi connectivity index (χ4v) is 5.43. The summed E-state index contributed by atoms with van der Waals surface area (Å²) in [5.41, 5.74) is 8.90. The molecule has 0 spiro atoms. The molecule has 0 unspecified atom stereocenters. The summed E-state index contributed by atoms with van der Waals surface area (Å²) in [7, 11) is 0. The van der Waals surface area contributed by atoms with Crippen LogP contribution in [-0.4, -0.2) is 34.4 Å². The number of carbonyl (C=O) groups is 1. The first kappa shape index (κ1) is 16.7. The Hall–Kier alpha value is -1.72. The molecule has 2 aliphatic rings. The fraction of sp³-hybridized carbons (Fsp3) is 0.500. The maximum atomic E-state index is 13.4. The Morgan fingerprint density at radius 2 is 2.04 bits per heavy atom. The Morgan fingerprint density at radius 1 is 1.28 bits per heavy atom. The van der Waals surface area contributed by atoms with E-state index in [2.05, 4.69) is 41.1 Å². The molecule has 4 rings (SSSR count). The minimum absolute atomic E-state index is 0.0739. The highest BCUT2D eigenvalue weighted by molar-refractivity contribution is 7.15. The van der Waals surface area contributed by atoms with Crippen molar-refractivity contribution in [2.24, 2.45) is 11.7 Å². The summed E-state index contributed by atoms with van der Waals surface area (Å²) in [5, 5.41) is 0.936. The van der Waals surface area contributed by atoms with Crippen molar-refractivity contribution in [2.75, 3.05) is 6.54 Å². The van der Waals surface area contributed by atoms with Crippen molar-refractivity contribution >= 4 is 17.2 Å². The van der Waals surface area contributed by atoms with E-state index in [-0.39, 0.29) is 11.9 Å². The monoisotopic (exact) mass is 355 g/mol. The molecule has 3 atom stereocenters. The smallest absolute Gasteiger partial charge is 0.274 e. The first-order chi connectivity index (χ1) is 12.1. The van der Waals surface area contributed by atoms with Crippen LogP contribution in [0.15, 0.2) is 24.3 Å². The summed E-state index contributed by atoms with van der Waals surface area (Å²) in [4.78, 5) is 21.1. The number of carbonyl (C=O) groups excluding carboxylic acids is 1. The number of hydrogen-bond acceptors (Lipinski definition) is 4. The summed E-state index contributed by atoms with van der Waals surface area (Å²) < 4.78 is 0. The SMILES string of the molecule is Cc1ccc(-c2sc(C)nc2C(=O)N2[C@H](CN)C[C@@H]3CCC[C@@H]32)cc1. The molecule has 0 radical (unpaired) electrons. The minimum Gasteiger partial charge on any atom is -0.330 e. The van der Waals surface area contributed by atoms with Gasteiger partial charge >= 0.3 is 0 Å². The van der Waals surface area contributed by atoms with Crippen molar-refractivity contribution in [3.8, 4) is 10.4 Å². The fourth-order valence-electron chi connectivity index (χ4n) is 4.51. The van der Waals surface area contributed by atoms with E-state index in [0.29, 0.717) is 24.2 Å². The van der Waals surface area contributed by atoms with Crippen LogP contribution in [0.4, 0.5) is 0 Å². The Labute approximate surface area is 153 Å². The molecule has 1 amide bonds. The molecule has 132 valence electrons. The molecule has 2 fully saturated rings. The Balaban J connectivity index is 1.72. The Morgan fingerprint density at radius 3 is 2.76 bits per heavy atom. The van der Waals surface area contributed by atoms with E-state index in [1.54, 1.807) is 11.3 Å². The Bertz CT molecular complexity index is 783. The van der Waals surface area contributed by atoms with Gasteiger partial charge in [0.2, 0.25) is 0 Å². The lowest BCUT2D eigenvalue weighted by Gasteiger charge is -2.29. The van der Waals surface area contributed by atoms with Gasteiger partial charge in [0.05, 0.1) is 9.88 Å². The van der Waals surface area contributed by atoms with Crippen molar-refractivity contribution < 1.29 is 4.79 Å². The van der Waals surface area contributed by atoms with Crippen LogP contribution in [0.3, 0.4) is 0 Å². The zero-order valence-corrected chi connectivity index (χ0v) is 15.7. The van der Waals surface area contributed by atoms with Gasteiger partial charge in [0.1, 0.15) is 5.69 Å². The second kappa shape index (κ2) is 6.54. The third-order valence-corrected chi connectivity index (χ3v) is 6.72. The van der Waals surface area contributed by atoms with Crippen LogP contribution in [0.2, 0.25) is 0 Å². The van der Waals surface area contributed by atoms with Crippen LogP contribution < -0.4 is 5.73 Å². The number of nitrogens with two attached hydrogens (primary N) is 1. The molecule has 2 aromatic rings. The molecule has 25 heavy (non-hydrogen) atoms. The van der Waals surface area contributed by atoms with E-state index in [0.717, 1.165) is 28.3 Å². The standard InChI is InChI=1S/C20H25N3OS/c1-12-6-8-14(9-7-12)19-18(22-13(2)25-19)20(24)23-16(11-21)10-15-4-3-5-17(15)23/h6-9,15-17H,3-5,10-11,21H2,1-2H3/t15-,16-,17-/m0/s1. The number of aryl methyl sites for hydroxylation is 2. The van der Waals surface area contributed by atoms with Gasteiger partial charge in [0.25, 0.3) is 5.91 Å². The van der Waals surface area contributed by atoms with Crippen molar-refractivity contribution in [3.63, 3.8) is 0 Å². The number of thiazole rings is 1. The summed E-state index contributed by atoms with van der Waals surface area (Å²) in [6, 6.07) is 8.86. The highest BCUT2D eigenvalue weighted by Crippen LogP contribution is 2.42. The van der Waals surface area contributed by atoms with Gasteiger partial charge in [-0.3, -0.25) is 4.79 Å². The van der Waals surface area contributed by atoms with Crippen LogP contribution in [0.25, 0.3) is 10.4 Å². The van der Waals surface area contributed by atoms with Gasteiger partial charge < -0.3 is 10.6 Å². The molecular weight excluding hydrogens is 330 g/mol. The molecule has 4 nitrogen and oxygen atoms in total. The number of rotatable bonds is 3. The van der Waals surface area contributed by atoms with Crippen molar-refractivity contribution in [1.82, 2.24) is 9.88 Å². The number of hydrogen-bond donors (Lipinski definition) is 1. The Kier molecular flexibility index (Phi) is 4.38. The summed E-state index contributed by atoms with van der Waals surface area (Å²) >= 11 is 1.60. The van der Waals surface area contributed by atoms with Crippen molar-refractivity contribution in [1.29, 1.82) is 0 Å². The van der Waals surface area contributed by atoms with Crippen molar-refractivity contribution in [3.05, 3.63) is 40.5 Å². The molecule has 2 N–H and O–H groups in total. The van der Waals surface area contributed by atoms with E-state index in [9.17, 15) is 4.79 Å². The van der Waals surface area contributed by atoms with Crippen LogP contribution in [-0.2, 0) is 0 Å². The zero-order valence-electron chi connectivity index (χ0n) is 14.9. The lowest BCUT2D eigenvalue weighted by molar-refractivity contribution is 0.0660. The predicted molar refractivity (Wildman–Crippen MR) is 102 cm³/mol. The first-order valence-corrected chi connectivity index (χ1v) is 9.97. The summed E-state index contributed by atoms with van der Waals surface area (Å²) in [6.07, 6.45) is 4.61. The number of benzene rings is 1. The zero-order chi connectivity index (χ0) is 17.6. The van der Waals surface area contributed by atoms with E-state index in [1.165, 1.54) is 18.4 Å². The van der Waals surface area contributed by atoms with Gasteiger partial charge in [-0.05, 0) is 44.6 Å². The van der Waals surface area contributed by atoms with Crippen LogP contribution in [0.1, 0.15) is 46.7 Å². The lowest BCUT2D eigenvalue weighted by Crippen LogP contribution is -2.44. The van der Waals surface area contributed by atoms with Gasteiger partial charge in [-0.15, -0.1) is 11.3 Å². The average Bonchev–Trinajstić information content (AvgIpc) is 3.28. The van der Waals surface area contributed by atoms with Gasteiger partial charge in [0.15, 0.2) is 0 Å². The topological polar surface area (TPSA) is 59.2 Å². The summed E-state index contributed by atoms with van der Waals surface area (Å²) in [6.45, 7) is 4.59. The molecule has 1 saturated carbocycles. The number of likely N-dealkylation sites (tertiary alicyclic amines) is 1. The highest BCUT2D eigenvalue weighted by Gasteiger charge is 2.46. The quantitative estimate of drug-likeness (QED) is 0.912. The van der Waals surface area contributed by atoms with Gasteiger partial charge in [-0.25, -0.2) is 4.98 Å². The van der Waals surface area contributed by atoms with E-state index in [4.69, 9.17) is 5.73 Å². The maximum Gasteiger partial charge on any atom is 0.274 e. The lowest BCUT2D eigenvalue weighted by atomic mass is 10.0. The molecule has 1 aromatic carbocycles. The predicted octanol–water partition coefficient (Wildman–Crippen LogP) is 3.77. The number of fused-ring (bicyclic) bond motifs is 1.